The molecule has 9 heteroatoms. The second-order valence-corrected chi connectivity index (χ2v) is 12.3. The number of carbonyl (C=O) groups is 4. The fourth-order valence-electron chi connectivity index (χ4n) is 5.89. The number of nitriles is 1. The Morgan fingerprint density at radius 3 is 2.45 bits per heavy atom. The SMILES string of the molecule is C[C@@H]1NC(=O)CCCCCCc2ccc3c(c2)[C@@]2(CC(C#N)N(C2)C(=O)[C@H](CC(C)(C)C)NC1=O)C(=O)N3. The van der Waals surface area contributed by atoms with Crippen LogP contribution in [0.2, 0.25) is 0 Å². The number of hydrogen-bond donors (Lipinski definition) is 3. The predicted molar refractivity (Wildman–Crippen MR) is 143 cm³/mol. The van der Waals surface area contributed by atoms with E-state index in [1.54, 1.807) is 6.92 Å². The summed E-state index contributed by atoms with van der Waals surface area (Å²) in [7, 11) is 0. The van der Waals surface area contributed by atoms with Crippen LogP contribution in [0.25, 0.3) is 0 Å². The number of hydrogen-bond acceptors (Lipinski definition) is 5. The van der Waals surface area contributed by atoms with E-state index < -0.39 is 29.4 Å². The van der Waals surface area contributed by atoms with Crippen molar-refractivity contribution in [3.8, 4) is 6.07 Å². The van der Waals surface area contributed by atoms with E-state index >= 15 is 0 Å². The van der Waals surface area contributed by atoms with E-state index in [1.807, 2.05) is 39.0 Å². The van der Waals surface area contributed by atoms with E-state index in [1.165, 1.54) is 4.90 Å². The lowest BCUT2D eigenvalue weighted by atomic mass is 9.79. The van der Waals surface area contributed by atoms with Crippen molar-refractivity contribution in [1.29, 1.82) is 5.26 Å². The molecule has 0 saturated carbocycles. The van der Waals surface area contributed by atoms with Crippen LogP contribution in [0.15, 0.2) is 18.2 Å². The summed E-state index contributed by atoms with van der Waals surface area (Å²) in [6, 6.07) is 5.72. The molecule has 1 aromatic carbocycles. The van der Waals surface area contributed by atoms with Crippen LogP contribution in [-0.4, -0.2) is 53.2 Å². The van der Waals surface area contributed by atoms with E-state index in [-0.39, 0.29) is 36.1 Å². The molecule has 4 atom stereocenters. The highest BCUT2D eigenvalue weighted by molar-refractivity contribution is 6.07. The van der Waals surface area contributed by atoms with E-state index in [0.717, 1.165) is 48.9 Å². The average Bonchev–Trinajstić information content (AvgIpc) is 3.37. The number of anilines is 1. The van der Waals surface area contributed by atoms with Gasteiger partial charge in [-0.25, -0.2) is 0 Å². The van der Waals surface area contributed by atoms with Crippen LogP contribution < -0.4 is 16.0 Å². The third-order valence-corrected chi connectivity index (χ3v) is 7.89. The highest BCUT2D eigenvalue weighted by atomic mass is 16.2. The first kappa shape index (κ1) is 27.6. The highest BCUT2D eigenvalue weighted by Crippen LogP contribution is 2.47. The first-order valence-electron chi connectivity index (χ1n) is 13.7. The van der Waals surface area contributed by atoms with Gasteiger partial charge in [0.25, 0.3) is 0 Å². The summed E-state index contributed by atoms with van der Waals surface area (Å²) in [5.74, 6) is -1.22. The molecule has 1 aromatic rings. The van der Waals surface area contributed by atoms with Crippen LogP contribution in [-0.2, 0) is 31.0 Å². The van der Waals surface area contributed by atoms with Crippen molar-refractivity contribution in [2.45, 2.75) is 103 Å². The highest BCUT2D eigenvalue weighted by Gasteiger charge is 2.56. The third kappa shape index (κ3) is 5.69. The van der Waals surface area contributed by atoms with Gasteiger partial charge in [0.05, 0.1) is 11.5 Å². The molecule has 204 valence electrons. The maximum absolute atomic E-state index is 14.0. The van der Waals surface area contributed by atoms with E-state index in [4.69, 9.17) is 0 Å². The van der Waals surface area contributed by atoms with Crippen LogP contribution in [0.1, 0.15) is 83.8 Å². The Kier molecular flexibility index (Phi) is 7.82. The number of benzene rings is 1. The number of nitrogens with one attached hydrogen (secondary N) is 3. The number of amides is 4. The van der Waals surface area contributed by atoms with Gasteiger partial charge in [-0.2, -0.15) is 5.26 Å². The summed E-state index contributed by atoms with van der Waals surface area (Å²) in [6.07, 6.45) is 5.30. The number of aryl methyl sites for hydroxylation is 1. The van der Waals surface area contributed by atoms with Gasteiger partial charge < -0.3 is 20.9 Å². The summed E-state index contributed by atoms with van der Waals surface area (Å²) in [5, 5.41) is 18.6. The van der Waals surface area contributed by atoms with Crippen molar-refractivity contribution in [1.82, 2.24) is 15.5 Å². The van der Waals surface area contributed by atoms with E-state index in [9.17, 15) is 24.4 Å². The molecule has 1 saturated heterocycles. The summed E-state index contributed by atoms with van der Waals surface area (Å²) in [5.41, 5.74) is 1.38. The largest absolute Gasteiger partial charge is 0.345 e. The van der Waals surface area contributed by atoms with Gasteiger partial charge in [0.1, 0.15) is 18.1 Å². The first-order valence-corrected chi connectivity index (χ1v) is 13.7. The number of nitrogens with zero attached hydrogens (tertiary/aromatic N) is 2. The molecule has 4 rings (SSSR count). The molecular weight excluding hydrogens is 482 g/mol. The second kappa shape index (κ2) is 10.8. The van der Waals surface area contributed by atoms with Gasteiger partial charge in [0, 0.05) is 25.1 Å². The lowest BCUT2D eigenvalue weighted by Crippen LogP contribution is -2.55. The zero-order valence-electron chi connectivity index (χ0n) is 22.9. The zero-order valence-corrected chi connectivity index (χ0v) is 22.9. The zero-order chi connectivity index (χ0) is 27.7. The standard InChI is InChI=1S/C29H39N5O4/c1-18-25(36)32-23(15-28(2,3)4)26(37)34-17-29(14-20(34)16-30)21-13-19(11-12-22(21)33-27(29)38)9-7-5-6-8-10-24(35)31-18/h11-13,18,20,23H,5-10,14-15,17H2,1-4H3,(H,31,35)(H,32,36)(H,33,38)/t18-,20?,23-,29-/m0/s1. The van der Waals surface area contributed by atoms with Gasteiger partial charge in [-0.3, -0.25) is 19.2 Å². The van der Waals surface area contributed by atoms with Crippen molar-refractivity contribution in [2.24, 2.45) is 5.41 Å². The molecule has 4 amide bonds. The molecule has 3 aliphatic rings. The Hall–Kier alpha value is -3.41. The van der Waals surface area contributed by atoms with Crippen LogP contribution in [0, 0.1) is 16.7 Å². The Balaban J connectivity index is 1.71. The van der Waals surface area contributed by atoms with Crippen molar-refractivity contribution in [3.63, 3.8) is 0 Å². The monoisotopic (exact) mass is 521 g/mol. The van der Waals surface area contributed by atoms with Crippen LogP contribution in [0.5, 0.6) is 0 Å². The van der Waals surface area contributed by atoms with Crippen molar-refractivity contribution in [3.05, 3.63) is 29.3 Å². The Morgan fingerprint density at radius 1 is 1.05 bits per heavy atom. The minimum atomic E-state index is -0.998. The van der Waals surface area contributed by atoms with Crippen LogP contribution in [0.4, 0.5) is 5.69 Å². The molecule has 1 spiro atoms. The molecular formula is C29H39N5O4. The fraction of sp³-hybridized carbons (Fsp3) is 0.621. The smallest absolute Gasteiger partial charge is 0.246 e. The Morgan fingerprint density at radius 2 is 1.76 bits per heavy atom. The number of fused-ring (bicyclic) bond motifs is 2. The number of rotatable bonds is 1. The molecule has 38 heavy (non-hydrogen) atoms. The van der Waals surface area contributed by atoms with Gasteiger partial charge >= 0.3 is 0 Å². The van der Waals surface area contributed by atoms with E-state index in [2.05, 4.69) is 22.0 Å². The minimum absolute atomic E-state index is 0.0785. The van der Waals surface area contributed by atoms with Gasteiger partial charge in [-0.15, -0.1) is 0 Å². The minimum Gasteiger partial charge on any atom is -0.345 e. The Bertz CT molecular complexity index is 1170. The van der Waals surface area contributed by atoms with Crippen molar-refractivity contribution >= 4 is 29.3 Å². The predicted octanol–water partition coefficient (Wildman–Crippen LogP) is 2.93. The van der Waals surface area contributed by atoms with Crippen LogP contribution in [0.3, 0.4) is 0 Å². The normalized spacial score (nSPS) is 28.9. The summed E-state index contributed by atoms with van der Waals surface area (Å²) in [6.45, 7) is 7.61. The molecule has 3 aliphatic heterocycles. The second-order valence-electron chi connectivity index (χ2n) is 12.3. The third-order valence-electron chi connectivity index (χ3n) is 7.89. The van der Waals surface area contributed by atoms with Gasteiger partial charge in [-0.05, 0) is 55.2 Å². The topological polar surface area (TPSA) is 131 Å². The summed E-state index contributed by atoms with van der Waals surface area (Å²) in [4.78, 5) is 54.3. The van der Waals surface area contributed by atoms with Crippen LogP contribution >= 0.6 is 0 Å². The summed E-state index contributed by atoms with van der Waals surface area (Å²) >= 11 is 0. The van der Waals surface area contributed by atoms with Gasteiger partial charge in [0.15, 0.2) is 0 Å². The molecule has 4 bridgehead atoms. The lowest BCUT2D eigenvalue weighted by Gasteiger charge is -2.31. The molecule has 1 unspecified atom stereocenters. The average molecular weight is 522 g/mol. The molecule has 3 N–H and O–H groups in total. The molecule has 0 aromatic heterocycles. The van der Waals surface area contributed by atoms with Gasteiger partial charge in [-0.1, -0.05) is 45.7 Å². The summed E-state index contributed by atoms with van der Waals surface area (Å²) < 4.78 is 0. The molecule has 1 fully saturated rings. The first-order chi connectivity index (χ1) is 17.9. The fourth-order valence-corrected chi connectivity index (χ4v) is 5.89. The molecule has 3 heterocycles. The maximum atomic E-state index is 14.0. The quantitative estimate of drug-likeness (QED) is 0.523. The van der Waals surface area contributed by atoms with E-state index in [0.29, 0.717) is 12.8 Å². The molecule has 0 radical (unpaired) electrons. The lowest BCUT2D eigenvalue weighted by molar-refractivity contribution is -0.138. The number of carbonyl (C=O) groups excluding carboxylic acids is 4. The molecule has 9 nitrogen and oxygen atoms in total. The van der Waals surface area contributed by atoms with Crippen molar-refractivity contribution < 1.29 is 19.2 Å². The maximum Gasteiger partial charge on any atom is 0.246 e. The molecule has 0 aliphatic carbocycles. The van der Waals surface area contributed by atoms with Gasteiger partial charge in [0.2, 0.25) is 23.6 Å². The van der Waals surface area contributed by atoms with Crippen molar-refractivity contribution in [2.75, 3.05) is 11.9 Å². The Labute approximate surface area is 224 Å².